The van der Waals surface area contributed by atoms with Gasteiger partial charge in [-0.2, -0.15) is 0 Å². The van der Waals surface area contributed by atoms with E-state index in [1.54, 1.807) is 30.0 Å². The zero-order valence-electron chi connectivity index (χ0n) is 17.6. The molecule has 2 rings (SSSR count). The molecule has 0 aliphatic heterocycles. The van der Waals surface area contributed by atoms with Crippen LogP contribution in [0.1, 0.15) is 37.0 Å². The topological polar surface area (TPSA) is 49.4 Å². The van der Waals surface area contributed by atoms with Crippen LogP contribution >= 0.6 is 35.0 Å². The number of nitrogens with one attached hydrogen (secondary N) is 1. The van der Waals surface area contributed by atoms with Crippen molar-refractivity contribution in [3.05, 3.63) is 69.2 Å². The van der Waals surface area contributed by atoms with Gasteiger partial charge in [0.05, 0.1) is 5.75 Å². The maximum absolute atomic E-state index is 13.1. The molecule has 0 aromatic heterocycles. The maximum atomic E-state index is 13.1. The van der Waals surface area contributed by atoms with Crippen molar-refractivity contribution in [1.82, 2.24) is 10.2 Å². The molecule has 0 saturated carbocycles. The molecule has 1 atom stereocenters. The van der Waals surface area contributed by atoms with E-state index in [-0.39, 0.29) is 24.1 Å². The summed E-state index contributed by atoms with van der Waals surface area (Å²) in [7, 11) is 0. The third-order valence-electron chi connectivity index (χ3n) is 4.85. The predicted octanol–water partition coefficient (Wildman–Crippen LogP) is 5.48. The van der Waals surface area contributed by atoms with E-state index in [2.05, 4.69) is 24.4 Å². The number of carbonyl (C=O) groups is 2. The number of benzene rings is 2. The zero-order valence-corrected chi connectivity index (χ0v) is 19.9. The summed E-state index contributed by atoms with van der Waals surface area (Å²) in [6.45, 7) is 6.53. The Bertz CT molecular complexity index is 856. The second-order valence-electron chi connectivity index (χ2n) is 7.11. The molecule has 1 unspecified atom stereocenters. The second-order valence-corrected chi connectivity index (χ2v) is 8.91. The van der Waals surface area contributed by atoms with E-state index in [0.717, 1.165) is 12.2 Å². The van der Waals surface area contributed by atoms with Crippen molar-refractivity contribution >= 4 is 46.8 Å². The van der Waals surface area contributed by atoms with E-state index in [1.165, 1.54) is 22.9 Å². The van der Waals surface area contributed by atoms with E-state index in [4.69, 9.17) is 23.2 Å². The molecule has 162 valence electrons. The van der Waals surface area contributed by atoms with Crippen LogP contribution in [0.15, 0.2) is 42.5 Å². The predicted molar refractivity (Wildman–Crippen MR) is 127 cm³/mol. The molecule has 0 aliphatic rings. The van der Waals surface area contributed by atoms with E-state index >= 15 is 0 Å². The molecule has 0 saturated heterocycles. The summed E-state index contributed by atoms with van der Waals surface area (Å²) in [5, 5.41) is 3.83. The number of aryl methyl sites for hydroxylation is 1. The minimum Gasteiger partial charge on any atom is -0.354 e. The van der Waals surface area contributed by atoms with Gasteiger partial charge in [-0.05, 0) is 43.5 Å². The average molecular weight is 467 g/mol. The zero-order chi connectivity index (χ0) is 22.1. The summed E-state index contributed by atoms with van der Waals surface area (Å²) in [6.07, 6.45) is 0.828. The van der Waals surface area contributed by atoms with E-state index in [0.29, 0.717) is 22.2 Å². The number of halogens is 2. The fourth-order valence-corrected chi connectivity index (χ4v) is 4.44. The van der Waals surface area contributed by atoms with Crippen molar-refractivity contribution in [2.45, 2.75) is 45.5 Å². The van der Waals surface area contributed by atoms with Gasteiger partial charge in [-0.3, -0.25) is 9.59 Å². The van der Waals surface area contributed by atoms with Gasteiger partial charge in [0, 0.05) is 34.5 Å². The Labute approximate surface area is 193 Å². The molecule has 4 nitrogen and oxygen atoms in total. The first-order valence-corrected chi connectivity index (χ1v) is 11.9. The maximum Gasteiger partial charge on any atom is 0.242 e. The number of thioether (sulfide) groups is 1. The quantitative estimate of drug-likeness (QED) is 0.504. The van der Waals surface area contributed by atoms with Crippen LogP contribution in [0.25, 0.3) is 0 Å². The lowest BCUT2D eigenvalue weighted by atomic mass is 10.1. The molecule has 0 spiro atoms. The summed E-state index contributed by atoms with van der Waals surface area (Å²) in [4.78, 5) is 27.2. The monoisotopic (exact) mass is 466 g/mol. The van der Waals surface area contributed by atoms with Crippen LogP contribution in [0.2, 0.25) is 10.0 Å². The fraction of sp³-hybridized carbons (Fsp3) is 0.391. The van der Waals surface area contributed by atoms with Gasteiger partial charge in [0.1, 0.15) is 6.04 Å². The van der Waals surface area contributed by atoms with Gasteiger partial charge in [-0.1, -0.05) is 60.5 Å². The van der Waals surface area contributed by atoms with Gasteiger partial charge in [-0.15, -0.1) is 11.8 Å². The minimum atomic E-state index is -0.629. The number of carbonyl (C=O) groups excluding carboxylic acids is 2. The molecular formula is C23H28Cl2N2O2S. The molecule has 0 aliphatic carbocycles. The normalized spacial score (nSPS) is 11.8. The highest BCUT2D eigenvalue weighted by Crippen LogP contribution is 2.27. The third kappa shape index (κ3) is 6.93. The number of rotatable bonds is 10. The van der Waals surface area contributed by atoms with E-state index in [9.17, 15) is 9.59 Å². The van der Waals surface area contributed by atoms with Crippen molar-refractivity contribution < 1.29 is 9.59 Å². The molecule has 0 fully saturated rings. The van der Waals surface area contributed by atoms with Crippen molar-refractivity contribution in [1.29, 1.82) is 0 Å². The van der Waals surface area contributed by atoms with Crippen LogP contribution in [-0.2, 0) is 21.9 Å². The van der Waals surface area contributed by atoms with Crippen LogP contribution in [0, 0.1) is 6.92 Å². The average Bonchev–Trinajstić information content (AvgIpc) is 2.72. The summed E-state index contributed by atoms with van der Waals surface area (Å²) in [6, 6.07) is 12.7. The molecule has 0 heterocycles. The smallest absolute Gasteiger partial charge is 0.242 e. The second kappa shape index (κ2) is 12.2. The lowest BCUT2D eigenvalue weighted by molar-refractivity contribution is -0.138. The number of amides is 2. The highest BCUT2D eigenvalue weighted by molar-refractivity contribution is 7.99. The van der Waals surface area contributed by atoms with Crippen molar-refractivity contribution in [2.75, 3.05) is 12.3 Å². The van der Waals surface area contributed by atoms with Crippen molar-refractivity contribution in [3.8, 4) is 0 Å². The number of hydrogen-bond donors (Lipinski definition) is 1. The van der Waals surface area contributed by atoms with Crippen LogP contribution < -0.4 is 5.32 Å². The van der Waals surface area contributed by atoms with Gasteiger partial charge in [0.25, 0.3) is 0 Å². The summed E-state index contributed by atoms with van der Waals surface area (Å²) >= 11 is 14.2. The number of nitrogens with zero attached hydrogens (tertiary/aromatic N) is 1. The Morgan fingerprint density at radius 3 is 2.40 bits per heavy atom. The highest BCUT2D eigenvalue weighted by Gasteiger charge is 2.27. The SMILES string of the molecule is CCCNC(=O)C(C)N(Cc1c(Cl)cccc1Cl)C(=O)CSCc1ccccc1C. The Balaban J connectivity index is 2.14. The van der Waals surface area contributed by atoms with Crippen LogP contribution in [0.4, 0.5) is 0 Å². The summed E-state index contributed by atoms with van der Waals surface area (Å²) < 4.78 is 0. The molecule has 2 aromatic carbocycles. The third-order valence-corrected chi connectivity index (χ3v) is 6.53. The van der Waals surface area contributed by atoms with Crippen molar-refractivity contribution in [3.63, 3.8) is 0 Å². The molecule has 30 heavy (non-hydrogen) atoms. The van der Waals surface area contributed by atoms with Gasteiger partial charge >= 0.3 is 0 Å². The Kier molecular flexibility index (Phi) is 10.0. The molecule has 2 amide bonds. The van der Waals surface area contributed by atoms with Gasteiger partial charge < -0.3 is 10.2 Å². The van der Waals surface area contributed by atoms with Crippen LogP contribution in [0.5, 0.6) is 0 Å². The first-order chi connectivity index (χ1) is 14.3. The van der Waals surface area contributed by atoms with Gasteiger partial charge in [-0.25, -0.2) is 0 Å². The Morgan fingerprint density at radius 2 is 1.77 bits per heavy atom. The molecular weight excluding hydrogens is 439 g/mol. The standard InChI is InChI=1S/C23H28Cl2N2O2S/c1-4-12-26-23(29)17(3)27(13-19-20(24)10-7-11-21(19)25)22(28)15-30-14-18-9-6-5-8-16(18)2/h5-11,17H,4,12-15H2,1-3H3,(H,26,29). The van der Waals surface area contributed by atoms with E-state index in [1.807, 2.05) is 19.1 Å². The van der Waals surface area contributed by atoms with Gasteiger partial charge in [0.2, 0.25) is 11.8 Å². The highest BCUT2D eigenvalue weighted by atomic mass is 35.5. The lowest BCUT2D eigenvalue weighted by Crippen LogP contribution is -2.48. The molecule has 1 N–H and O–H groups in total. The number of hydrogen-bond acceptors (Lipinski definition) is 3. The molecule has 7 heteroatoms. The molecule has 0 bridgehead atoms. The Morgan fingerprint density at radius 1 is 1.10 bits per heavy atom. The Hall–Kier alpha value is -1.69. The summed E-state index contributed by atoms with van der Waals surface area (Å²) in [5.41, 5.74) is 3.04. The minimum absolute atomic E-state index is 0.122. The van der Waals surface area contributed by atoms with Crippen molar-refractivity contribution in [2.24, 2.45) is 0 Å². The summed E-state index contributed by atoms with van der Waals surface area (Å²) in [5.74, 6) is 0.693. The molecule has 0 radical (unpaired) electrons. The fourth-order valence-electron chi connectivity index (χ4n) is 2.94. The first-order valence-electron chi connectivity index (χ1n) is 9.97. The van der Waals surface area contributed by atoms with Crippen LogP contribution in [0.3, 0.4) is 0 Å². The van der Waals surface area contributed by atoms with Gasteiger partial charge in [0.15, 0.2) is 0 Å². The first kappa shape index (κ1) is 24.6. The molecule has 2 aromatic rings. The van der Waals surface area contributed by atoms with E-state index < -0.39 is 6.04 Å². The lowest BCUT2D eigenvalue weighted by Gasteiger charge is -2.29. The largest absolute Gasteiger partial charge is 0.354 e. The van der Waals surface area contributed by atoms with Crippen LogP contribution in [-0.4, -0.2) is 35.1 Å².